The highest BCUT2D eigenvalue weighted by atomic mass is 19.1. The zero-order chi connectivity index (χ0) is 17.8. The quantitative estimate of drug-likeness (QED) is 0.538. The maximum Gasteiger partial charge on any atom is 0.353 e. The van der Waals surface area contributed by atoms with Gasteiger partial charge in [-0.25, -0.2) is 23.7 Å². The molecule has 0 fully saturated rings. The van der Waals surface area contributed by atoms with Crippen molar-refractivity contribution in [1.29, 1.82) is 0 Å². The molecule has 0 aliphatic rings. The second-order valence-corrected chi connectivity index (χ2v) is 4.77. The summed E-state index contributed by atoms with van der Waals surface area (Å²) in [6.07, 6.45) is 2.55. The van der Waals surface area contributed by atoms with Crippen molar-refractivity contribution in [2.45, 2.75) is 0 Å². The van der Waals surface area contributed by atoms with E-state index in [9.17, 15) is 18.9 Å². The van der Waals surface area contributed by atoms with Gasteiger partial charge in [-0.3, -0.25) is 10.1 Å². The SMILES string of the molecule is O=[N+]([O-])c1c(Nc2ccccn2)ncnc1Nc1cc(F)ccc1F. The number of halogens is 2. The van der Waals surface area contributed by atoms with Crippen LogP contribution in [-0.2, 0) is 0 Å². The fourth-order valence-corrected chi connectivity index (χ4v) is 2.01. The highest BCUT2D eigenvalue weighted by molar-refractivity contribution is 5.76. The van der Waals surface area contributed by atoms with Crippen molar-refractivity contribution >= 4 is 28.8 Å². The van der Waals surface area contributed by atoms with E-state index in [-0.39, 0.29) is 17.3 Å². The Morgan fingerprint density at radius 1 is 1.00 bits per heavy atom. The molecule has 0 radical (unpaired) electrons. The van der Waals surface area contributed by atoms with E-state index < -0.39 is 22.2 Å². The van der Waals surface area contributed by atoms with Gasteiger partial charge < -0.3 is 10.6 Å². The lowest BCUT2D eigenvalue weighted by atomic mass is 10.3. The maximum absolute atomic E-state index is 13.8. The van der Waals surface area contributed by atoms with Gasteiger partial charge >= 0.3 is 5.69 Å². The lowest BCUT2D eigenvalue weighted by Crippen LogP contribution is -2.06. The van der Waals surface area contributed by atoms with Gasteiger partial charge in [-0.1, -0.05) is 6.07 Å². The molecule has 0 spiro atoms. The number of hydrogen-bond acceptors (Lipinski definition) is 7. The van der Waals surface area contributed by atoms with Gasteiger partial charge in [0.05, 0.1) is 10.6 Å². The van der Waals surface area contributed by atoms with Gasteiger partial charge in [-0.15, -0.1) is 0 Å². The average molecular weight is 344 g/mol. The van der Waals surface area contributed by atoms with Crippen LogP contribution in [0.4, 0.5) is 37.6 Å². The summed E-state index contributed by atoms with van der Waals surface area (Å²) in [5.41, 5.74) is -0.817. The molecule has 8 nitrogen and oxygen atoms in total. The van der Waals surface area contributed by atoms with Crippen molar-refractivity contribution in [2.75, 3.05) is 10.6 Å². The normalized spacial score (nSPS) is 10.3. The molecular formula is C15H10F2N6O2. The van der Waals surface area contributed by atoms with Crippen LogP contribution in [0.5, 0.6) is 0 Å². The smallest absolute Gasteiger partial charge is 0.332 e. The van der Waals surface area contributed by atoms with Crippen LogP contribution in [0.15, 0.2) is 48.9 Å². The number of hydrogen-bond donors (Lipinski definition) is 2. The topological polar surface area (TPSA) is 106 Å². The number of nitrogens with zero attached hydrogens (tertiary/aromatic N) is 4. The molecule has 0 unspecified atom stereocenters. The van der Waals surface area contributed by atoms with Crippen LogP contribution in [-0.4, -0.2) is 19.9 Å². The predicted octanol–water partition coefficient (Wildman–Crippen LogP) is 3.55. The lowest BCUT2D eigenvalue weighted by Gasteiger charge is -2.10. The molecule has 0 saturated carbocycles. The van der Waals surface area contributed by atoms with Crippen molar-refractivity contribution in [3.63, 3.8) is 0 Å². The molecular weight excluding hydrogens is 334 g/mol. The Kier molecular flexibility index (Phi) is 4.42. The fourth-order valence-electron chi connectivity index (χ4n) is 2.01. The van der Waals surface area contributed by atoms with Gasteiger partial charge in [0, 0.05) is 12.3 Å². The standard InChI is InChI=1S/C15H10F2N6O2/c16-9-4-5-10(17)11(7-9)21-14-13(23(24)25)15(20-8-19-14)22-12-3-1-2-6-18-12/h1-8H,(H2,18,19,20,21,22). The van der Waals surface area contributed by atoms with Crippen molar-refractivity contribution in [2.24, 2.45) is 0 Å². The first-order chi connectivity index (χ1) is 12.0. The van der Waals surface area contributed by atoms with Crippen LogP contribution in [0.25, 0.3) is 0 Å². The molecule has 0 amide bonds. The molecule has 2 N–H and O–H groups in total. The zero-order valence-corrected chi connectivity index (χ0v) is 12.5. The molecule has 2 aromatic heterocycles. The minimum atomic E-state index is -0.784. The highest BCUT2D eigenvalue weighted by Crippen LogP contribution is 2.33. The van der Waals surface area contributed by atoms with Crippen molar-refractivity contribution in [1.82, 2.24) is 15.0 Å². The molecule has 25 heavy (non-hydrogen) atoms. The van der Waals surface area contributed by atoms with Gasteiger partial charge in [0.2, 0.25) is 11.6 Å². The largest absolute Gasteiger partial charge is 0.353 e. The molecule has 0 saturated heterocycles. The molecule has 1 aromatic carbocycles. The molecule has 3 rings (SSSR count). The Hall–Kier alpha value is -3.69. The number of nitrogens with one attached hydrogen (secondary N) is 2. The number of pyridine rings is 1. The number of nitro groups is 1. The van der Waals surface area contributed by atoms with Gasteiger partial charge in [0.1, 0.15) is 23.8 Å². The van der Waals surface area contributed by atoms with E-state index in [1.54, 1.807) is 18.2 Å². The van der Waals surface area contributed by atoms with Crippen molar-refractivity contribution < 1.29 is 13.7 Å². The van der Waals surface area contributed by atoms with Crippen LogP contribution < -0.4 is 10.6 Å². The average Bonchev–Trinajstić information content (AvgIpc) is 2.59. The zero-order valence-electron chi connectivity index (χ0n) is 12.5. The molecule has 0 bridgehead atoms. The minimum Gasteiger partial charge on any atom is -0.332 e. The summed E-state index contributed by atoms with van der Waals surface area (Å²) in [6, 6.07) is 7.65. The fraction of sp³-hybridized carbons (Fsp3) is 0. The summed E-state index contributed by atoms with van der Waals surface area (Å²) < 4.78 is 27.0. The Bertz CT molecular complexity index is 923. The Labute approximate surface area is 139 Å². The number of benzene rings is 1. The first-order valence-electron chi connectivity index (χ1n) is 6.94. The van der Waals surface area contributed by atoms with E-state index in [0.717, 1.165) is 24.5 Å². The molecule has 2 heterocycles. The first kappa shape index (κ1) is 16.2. The molecule has 0 atom stereocenters. The van der Waals surface area contributed by atoms with Crippen LogP contribution in [0, 0.1) is 21.7 Å². The van der Waals surface area contributed by atoms with Gasteiger partial charge in [0.15, 0.2) is 0 Å². The third kappa shape index (κ3) is 3.63. The maximum atomic E-state index is 13.8. The number of aromatic nitrogens is 3. The molecule has 126 valence electrons. The molecule has 10 heteroatoms. The summed E-state index contributed by atoms with van der Waals surface area (Å²) in [7, 11) is 0. The summed E-state index contributed by atoms with van der Waals surface area (Å²) in [4.78, 5) is 22.3. The summed E-state index contributed by atoms with van der Waals surface area (Å²) in [5, 5.41) is 16.5. The van der Waals surface area contributed by atoms with E-state index in [1.807, 2.05) is 0 Å². The third-order valence-electron chi connectivity index (χ3n) is 3.10. The van der Waals surface area contributed by atoms with Crippen molar-refractivity contribution in [3.8, 4) is 0 Å². The van der Waals surface area contributed by atoms with Crippen molar-refractivity contribution in [3.05, 3.63) is 70.7 Å². The van der Waals surface area contributed by atoms with Gasteiger partial charge in [0.25, 0.3) is 0 Å². The predicted molar refractivity (Wildman–Crippen MR) is 85.8 cm³/mol. The Morgan fingerprint density at radius 3 is 2.44 bits per heavy atom. The second kappa shape index (κ2) is 6.83. The minimum absolute atomic E-state index is 0.141. The van der Waals surface area contributed by atoms with Crippen LogP contribution in [0.2, 0.25) is 0 Å². The highest BCUT2D eigenvalue weighted by Gasteiger charge is 2.24. The lowest BCUT2D eigenvalue weighted by molar-refractivity contribution is -0.383. The molecule has 0 aliphatic heterocycles. The number of rotatable bonds is 5. The van der Waals surface area contributed by atoms with E-state index in [1.165, 1.54) is 6.20 Å². The second-order valence-electron chi connectivity index (χ2n) is 4.77. The summed E-state index contributed by atoms with van der Waals surface area (Å²) >= 11 is 0. The van der Waals surface area contributed by atoms with E-state index in [4.69, 9.17) is 0 Å². The van der Waals surface area contributed by atoms with Crippen LogP contribution >= 0.6 is 0 Å². The van der Waals surface area contributed by atoms with E-state index >= 15 is 0 Å². The van der Waals surface area contributed by atoms with Crippen LogP contribution in [0.1, 0.15) is 0 Å². The third-order valence-corrected chi connectivity index (χ3v) is 3.10. The Balaban J connectivity index is 2.01. The number of anilines is 4. The first-order valence-corrected chi connectivity index (χ1v) is 6.94. The molecule has 0 aliphatic carbocycles. The van der Waals surface area contributed by atoms with E-state index in [0.29, 0.717) is 5.82 Å². The molecule has 3 aromatic rings. The van der Waals surface area contributed by atoms with Crippen LogP contribution in [0.3, 0.4) is 0 Å². The monoisotopic (exact) mass is 344 g/mol. The summed E-state index contributed by atoms with van der Waals surface area (Å²) in [6.45, 7) is 0. The Morgan fingerprint density at radius 2 is 1.76 bits per heavy atom. The van der Waals surface area contributed by atoms with Gasteiger partial charge in [-0.05, 0) is 24.3 Å². The van der Waals surface area contributed by atoms with Gasteiger partial charge in [-0.2, -0.15) is 0 Å². The summed E-state index contributed by atoms with van der Waals surface area (Å²) in [5.74, 6) is -1.59. The van der Waals surface area contributed by atoms with E-state index in [2.05, 4.69) is 25.6 Å².